The minimum Gasteiger partial charge on any atom is -0.321 e. The molecule has 0 atom stereocenters. The zero-order valence-electron chi connectivity index (χ0n) is 9.78. The summed E-state index contributed by atoms with van der Waals surface area (Å²) in [6.07, 6.45) is 1.76. The van der Waals surface area contributed by atoms with E-state index in [1.807, 2.05) is 24.3 Å². The Labute approximate surface area is 120 Å². The summed E-state index contributed by atoms with van der Waals surface area (Å²) in [5.74, 6) is -0.128. The van der Waals surface area contributed by atoms with Crippen LogP contribution < -0.4 is 5.32 Å². The van der Waals surface area contributed by atoms with Gasteiger partial charge in [0.05, 0.1) is 0 Å². The Morgan fingerprint density at radius 3 is 2.68 bits per heavy atom. The normalized spacial score (nSPS) is 15.5. The molecule has 2 aromatic carbocycles. The monoisotopic (exact) mass is 289 g/mol. The molecular formula is C15H9Cl2NO. The molecule has 0 aromatic heterocycles. The Balaban J connectivity index is 2.14. The molecule has 0 saturated heterocycles. The minimum absolute atomic E-state index is 0.128. The third-order valence-electron chi connectivity index (χ3n) is 2.97. The Hall–Kier alpha value is -1.77. The number of halogens is 2. The van der Waals surface area contributed by atoms with E-state index < -0.39 is 0 Å². The van der Waals surface area contributed by atoms with Crippen molar-refractivity contribution < 1.29 is 4.79 Å². The third-order valence-corrected chi connectivity index (χ3v) is 3.55. The molecule has 94 valence electrons. The van der Waals surface area contributed by atoms with Crippen molar-refractivity contribution in [3.05, 3.63) is 63.6 Å². The van der Waals surface area contributed by atoms with E-state index >= 15 is 0 Å². The first-order chi connectivity index (χ1) is 9.15. The number of rotatable bonds is 1. The first-order valence-electron chi connectivity index (χ1n) is 5.72. The van der Waals surface area contributed by atoms with Crippen LogP contribution in [0.1, 0.15) is 11.1 Å². The lowest BCUT2D eigenvalue weighted by atomic mass is 10.0. The van der Waals surface area contributed by atoms with Gasteiger partial charge in [-0.1, -0.05) is 41.4 Å². The highest BCUT2D eigenvalue weighted by Gasteiger charge is 2.23. The van der Waals surface area contributed by atoms with E-state index in [1.165, 1.54) is 0 Å². The fourth-order valence-corrected chi connectivity index (χ4v) is 2.42. The second-order valence-corrected chi connectivity index (χ2v) is 5.07. The van der Waals surface area contributed by atoms with E-state index in [1.54, 1.807) is 24.3 Å². The van der Waals surface area contributed by atoms with E-state index in [4.69, 9.17) is 23.2 Å². The number of fused-ring (bicyclic) bond motifs is 1. The summed E-state index contributed by atoms with van der Waals surface area (Å²) in [6.45, 7) is 0. The predicted octanol–water partition coefficient (Wildman–Crippen LogP) is 4.49. The molecule has 0 saturated carbocycles. The standard InChI is InChI=1S/C15H9Cl2NO/c16-10-5-6-13(17)9(7-10)8-12-11-3-1-2-4-14(11)18-15(12)19/h1-8H,(H,18,19). The molecule has 0 bridgehead atoms. The molecule has 1 N–H and O–H groups in total. The number of amides is 1. The van der Waals surface area contributed by atoms with Gasteiger partial charge in [-0.2, -0.15) is 0 Å². The number of nitrogens with one attached hydrogen (secondary N) is 1. The molecule has 4 heteroatoms. The average molecular weight is 290 g/mol. The van der Waals surface area contributed by atoms with Gasteiger partial charge in [-0.05, 0) is 35.9 Å². The molecule has 1 heterocycles. The van der Waals surface area contributed by atoms with Crippen LogP contribution in [0.4, 0.5) is 5.69 Å². The van der Waals surface area contributed by atoms with Gasteiger partial charge in [0.1, 0.15) is 0 Å². The summed E-state index contributed by atoms with van der Waals surface area (Å²) >= 11 is 12.1. The molecule has 0 spiro atoms. The number of hydrogen-bond donors (Lipinski definition) is 1. The van der Waals surface area contributed by atoms with Crippen LogP contribution in [0.3, 0.4) is 0 Å². The predicted molar refractivity (Wildman–Crippen MR) is 79.4 cm³/mol. The zero-order valence-corrected chi connectivity index (χ0v) is 11.3. The van der Waals surface area contributed by atoms with Crippen molar-refractivity contribution in [3.63, 3.8) is 0 Å². The summed E-state index contributed by atoms with van der Waals surface area (Å²) in [4.78, 5) is 12.0. The molecule has 3 rings (SSSR count). The second-order valence-electron chi connectivity index (χ2n) is 4.22. The van der Waals surface area contributed by atoms with Gasteiger partial charge in [0.25, 0.3) is 5.91 Å². The van der Waals surface area contributed by atoms with Crippen LogP contribution in [0, 0.1) is 0 Å². The topological polar surface area (TPSA) is 29.1 Å². The molecule has 2 aromatic rings. The summed E-state index contributed by atoms with van der Waals surface area (Å²) in [5, 5.41) is 3.97. The van der Waals surface area contributed by atoms with Crippen LogP contribution in [0.15, 0.2) is 42.5 Å². The van der Waals surface area contributed by atoms with E-state index in [0.29, 0.717) is 15.6 Å². The van der Waals surface area contributed by atoms with Crippen LogP contribution in [0.5, 0.6) is 0 Å². The maximum Gasteiger partial charge on any atom is 0.256 e. The van der Waals surface area contributed by atoms with Gasteiger partial charge in [-0.3, -0.25) is 4.79 Å². The first-order valence-corrected chi connectivity index (χ1v) is 6.48. The number of carbonyl (C=O) groups is 1. The molecule has 19 heavy (non-hydrogen) atoms. The van der Waals surface area contributed by atoms with E-state index in [2.05, 4.69) is 5.32 Å². The molecule has 0 fully saturated rings. The minimum atomic E-state index is -0.128. The van der Waals surface area contributed by atoms with Gasteiger partial charge in [0.15, 0.2) is 0 Å². The number of carbonyl (C=O) groups excluding carboxylic acids is 1. The second kappa shape index (κ2) is 4.72. The summed E-state index contributed by atoms with van der Waals surface area (Å²) in [6, 6.07) is 12.7. The summed E-state index contributed by atoms with van der Waals surface area (Å²) in [5.41, 5.74) is 3.02. The fourth-order valence-electron chi connectivity index (χ4n) is 2.06. The highest BCUT2D eigenvalue weighted by atomic mass is 35.5. The Bertz CT molecular complexity index is 707. The Kier molecular flexibility index (Phi) is 3.05. The number of anilines is 1. The van der Waals surface area contributed by atoms with Crippen molar-refractivity contribution >= 4 is 46.4 Å². The van der Waals surface area contributed by atoms with Crippen LogP contribution in [0.25, 0.3) is 11.6 Å². The van der Waals surface area contributed by atoms with Crippen molar-refractivity contribution in [1.82, 2.24) is 0 Å². The van der Waals surface area contributed by atoms with E-state index in [9.17, 15) is 4.79 Å². The van der Waals surface area contributed by atoms with Gasteiger partial charge < -0.3 is 5.32 Å². The largest absolute Gasteiger partial charge is 0.321 e. The highest BCUT2D eigenvalue weighted by Crippen LogP contribution is 2.34. The lowest BCUT2D eigenvalue weighted by Gasteiger charge is -2.01. The van der Waals surface area contributed by atoms with Crippen molar-refractivity contribution in [1.29, 1.82) is 0 Å². The van der Waals surface area contributed by atoms with Gasteiger partial charge in [0, 0.05) is 26.9 Å². The van der Waals surface area contributed by atoms with Crippen LogP contribution in [-0.2, 0) is 4.79 Å². The van der Waals surface area contributed by atoms with Gasteiger partial charge in [-0.25, -0.2) is 0 Å². The number of para-hydroxylation sites is 1. The third kappa shape index (κ3) is 2.25. The van der Waals surface area contributed by atoms with Crippen LogP contribution in [-0.4, -0.2) is 5.91 Å². The fraction of sp³-hybridized carbons (Fsp3) is 0. The molecular weight excluding hydrogens is 281 g/mol. The zero-order chi connectivity index (χ0) is 13.4. The van der Waals surface area contributed by atoms with Crippen molar-refractivity contribution in [3.8, 4) is 0 Å². The molecule has 1 aliphatic heterocycles. The van der Waals surface area contributed by atoms with Crippen LogP contribution in [0.2, 0.25) is 10.0 Å². The van der Waals surface area contributed by atoms with E-state index in [-0.39, 0.29) is 5.91 Å². The summed E-state index contributed by atoms with van der Waals surface area (Å²) in [7, 11) is 0. The lowest BCUT2D eigenvalue weighted by Crippen LogP contribution is -2.03. The SMILES string of the molecule is O=C1Nc2ccccc2C1=Cc1cc(Cl)ccc1Cl. The van der Waals surface area contributed by atoms with E-state index in [0.717, 1.165) is 16.8 Å². The van der Waals surface area contributed by atoms with Gasteiger partial charge in [0.2, 0.25) is 0 Å². The van der Waals surface area contributed by atoms with Crippen LogP contribution >= 0.6 is 23.2 Å². The quantitative estimate of drug-likeness (QED) is 0.770. The molecule has 0 unspecified atom stereocenters. The molecule has 2 nitrogen and oxygen atoms in total. The van der Waals surface area contributed by atoms with Crippen molar-refractivity contribution in [2.45, 2.75) is 0 Å². The molecule has 0 radical (unpaired) electrons. The van der Waals surface area contributed by atoms with Gasteiger partial charge >= 0.3 is 0 Å². The highest BCUT2D eigenvalue weighted by molar-refractivity contribution is 6.37. The maximum atomic E-state index is 12.0. The van der Waals surface area contributed by atoms with Gasteiger partial charge in [-0.15, -0.1) is 0 Å². The lowest BCUT2D eigenvalue weighted by molar-refractivity contribution is -0.110. The van der Waals surface area contributed by atoms with Crippen molar-refractivity contribution in [2.75, 3.05) is 5.32 Å². The average Bonchev–Trinajstić information content (AvgIpc) is 2.71. The molecule has 0 aliphatic carbocycles. The molecule has 1 aliphatic rings. The number of hydrogen-bond acceptors (Lipinski definition) is 1. The first kappa shape index (κ1) is 12.3. The van der Waals surface area contributed by atoms with Crippen molar-refractivity contribution in [2.24, 2.45) is 0 Å². The Morgan fingerprint density at radius 1 is 1.05 bits per heavy atom. The Morgan fingerprint density at radius 2 is 1.84 bits per heavy atom. The summed E-state index contributed by atoms with van der Waals surface area (Å²) < 4.78 is 0. The molecule has 1 amide bonds. The number of benzene rings is 2. The maximum absolute atomic E-state index is 12.0. The smallest absolute Gasteiger partial charge is 0.256 e.